The molecule has 132 valence electrons. The van der Waals surface area contributed by atoms with Crippen molar-refractivity contribution in [1.29, 1.82) is 0 Å². The fourth-order valence-electron chi connectivity index (χ4n) is 1.93. The molecule has 1 rings (SSSR count). The number of aliphatic hydroxyl groups is 1. The number of β-amino-alcohol motifs (C(OH)–C–C–N with tert-alkyl or cyclic N) is 1. The molecule has 0 saturated heterocycles. The Labute approximate surface area is 140 Å². The summed E-state index contributed by atoms with van der Waals surface area (Å²) in [6, 6.07) is 6.29. The second kappa shape index (κ2) is 9.11. The minimum absolute atomic E-state index is 0.0241. The molecule has 3 N–H and O–H groups in total. The highest BCUT2D eigenvalue weighted by atomic mass is 16.5. The van der Waals surface area contributed by atoms with Gasteiger partial charge in [-0.3, -0.25) is 0 Å². The first kappa shape index (κ1) is 19.7. The predicted molar refractivity (Wildman–Crippen MR) is 94.2 cm³/mol. The molecule has 1 unspecified atom stereocenters. The van der Waals surface area contributed by atoms with Crippen molar-refractivity contribution in [2.75, 3.05) is 20.3 Å². The normalized spacial score (nSPS) is 13.2. The van der Waals surface area contributed by atoms with Gasteiger partial charge >= 0.3 is 0 Å². The Balaban J connectivity index is 2.55. The molecule has 23 heavy (non-hydrogen) atoms. The molecule has 0 aliphatic rings. The summed E-state index contributed by atoms with van der Waals surface area (Å²) in [4.78, 5) is 0. The van der Waals surface area contributed by atoms with Crippen molar-refractivity contribution in [2.45, 2.75) is 58.8 Å². The van der Waals surface area contributed by atoms with Gasteiger partial charge in [-0.15, -0.1) is 0 Å². The Hall–Kier alpha value is -1.30. The largest absolute Gasteiger partial charge is 0.493 e. The van der Waals surface area contributed by atoms with E-state index in [0.29, 0.717) is 24.1 Å². The maximum Gasteiger partial charge on any atom is 0.161 e. The van der Waals surface area contributed by atoms with Crippen LogP contribution < -0.4 is 20.1 Å². The molecule has 5 nitrogen and oxygen atoms in total. The van der Waals surface area contributed by atoms with Gasteiger partial charge in [0.25, 0.3) is 0 Å². The molecule has 5 heteroatoms. The molecule has 0 amide bonds. The van der Waals surface area contributed by atoms with Gasteiger partial charge in [0.1, 0.15) is 12.7 Å². The number of aliphatic hydroxyl groups excluding tert-OH is 1. The Bertz CT molecular complexity index is 470. The number of nitrogens with one attached hydrogen (secondary N) is 2. The molecule has 0 fully saturated rings. The SMILES string of the molecule is COc1cc(CNC(C)C)ccc1OCC(O)CNC(C)(C)C. The highest BCUT2D eigenvalue weighted by Gasteiger charge is 2.14. The smallest absolute Gasteiger partial charge is 0.161 e. The van der Waals surface area contributed by atoms with E-state index >= 15 is 0 Å². The van der Waals surface area contributed by atoms with Gasteiger partial charge in [0.05, 0.1) is 7.11 Å². The molecular formula is C18H32N2O3. The Morgan fingerprint density at radius 3 is 2.43 bits per heavy atom. The molecule has 1 atom stereocenters. The van der Waals surface area contributed by atoms with Crippen molar-refractivity contribution in [1.82, 2.24) is 10.6 Å². The number of hydrogen-bond donors (Lipinski definition) is 3. The van der Waals surface area contributed by atoms with E-state index in [1.165, 1.54) is 0 Å². The van der Waals surface area contributed by atoms with Gasteiger partial charge in [0, 0.05) is 24.7 Å². The molecule has 0 aliphatic heterocycles. The number of methoxy groups -OCH3 is 1. The first-order chi connectivity index (χ1) is 10.7. The molecule has 0 aliphatic carbocycles. The number of ether oxygens (including phenoxy) is 2. The van der Waals surface area contributed by atoms with Gasteiger partial charge in [-0.2, -0.15) is 0 Å². The van der Waals surface area contributed by atoms with Crippen LogP contribution in [0.5, 0.6) is 11.5 Å². The van der Waals surface area contributed by atoms with Crippen LogP contribution in [0.4, 0.5) is 0 Å². The lowest BCUT2D eigenvalue weighted by molar-refractivity contribution is 0.0985. The highest BCUT2D eigenvalue weighted by molar-refractivity contribution is 5.43. The summed E-state index contributed by atoms with van der Waals surface area (Å²) in [7, 11) is 1.62. The predicted octanol–water partition coefficient (Wildman–Crippen LogP) is 2.32. The lowest BCUT2D eigenvalue weighted by atomic mass is 10.1. The standard InChI is InChI=1S/C18H32N2O3/c1-13(2)19-10-14-7-8-16(17(9-14)22-6)23-12-15(21)11-20-18(3,4)5/h7-9,13,15,19-21H,10-12H2,1-6H3. The topological polar surface area (TPSA) is 62.8 Å². The van der Waals surface area contributed by atoms with Crippen molar-refractivity contribution in [3.05, 3.63) is 23.8 Å². The number of hydrogen-bond acceptors (Lipinski definition) is 5. The summed E-state index contributed by atoms with van der Waals surface area (Å²) in [5, 5.41) is 16.6. The van der Waals surface area contributed by atoms with Gasteiger partial charge in [-0.25, -0.2) is 0 Å². The fourth-order valence-corrected chi connectivity index (χ4v) is 1.93. The van der Waals surface area contributed by atoms with E-state index in [9.17, 15) is 5.11 Å². The molecule has 0 saturated carbocycles. The van der Waals surface area contributed by atoms with E-state index in [2.05, 4.69) is 45.3 Å². The van der Waals surface area contributed by atoms with Crippen molar-refractivity contribution in [3.8, 4) is 11.5 Å². The van der Waals surface area contributed by atoms with Crippen LogP contribution in [0, 0.1) is 0 Å². The summed E-state index contributed by atoms with van der Waals surface area (Å²) in [6.45, 7) is 11.9. The molecule has 0 bridgehead atoms. The lowest BCUT2D eigenvalue weighted by Crippen LogP contribution is -2.42. The molecule has 1 aromatic rings. The van der Waals surface area contributed by atoms with E-state index in [4.69, 9.17) is 9.47 Å². The minimum atomic E-state index is -0.568. The van der Waals surface area contributed by atoms with Crippen molar-refractivity contribution >= 4 is 0 Å². The van der Waals surface area contributed by atoms with E-state index in [1.54, 1.807) is 7.11 Å². The summed E-state index contributed by atoms with van der Waals surface area (Å²) in [5.74, 6) is 1.33. The van der Waals surface area contributed by atoms with Crippen LogP contribution in [0.25, 0.3) is 0 Å². The Morgan fingerprint density at radius 2 is 1.87 bits per heavy atom. The summed E-state index contributed by atoms with van der Waals surface area (Å²) in [6.07, 6.45) is -0.568. The van der Waals surface area contributed by atoms with Crippen LogP contribution in [0.3, 0.4) is 0 Å². The van der Waals surface area contributed by atoms with Gasteiger partial charge in [-0.05, 0) is 38.5 Å². The van der Waals surface area contributed by atoms with Crippen molar-refractivity contribution in [2.24, 2.45) is 0 Å². The molecule has 0 spiro atoms. The van der Waals surface area contributed by atoms with Gasteiger partial charge < -0.3 is 25.2 Å². The van der Waals surface area contributed by atoms with Crippen LogP contribution in [-0.2, 0) is 6.54 Å². The zero-order valence-corrected chi connectivity index (χ0v) is 15.3. The molecule has 1 aromatic carbocycles. The molecule has 0 radical (unpaired) electrons. The summed E-state index contributed by atoms with van der Waals surface area (Å²) in [5.41, 5.74) is 1.11. The average molecular weight is 324 g/mol. The van der Waals surface area contributed by atoms with Crippen molar-refractivity contribution < 1.29 is 14.6 Å². The van der Waals surface area contributed by atoms with Crippen LogP contribution >= 0.6 is 0 Å². The molecule has 0 heterocycles. The first-order valence-electron chi connectivity index (χ1n) is 8.17. The second-order valence-electron chi connectivity index (χ2n) is 7.12. The highest BCUT2D eigenvalue weighted by Crippen LogP contribution is 2.28. The summed E-state index contributed by atoms with van der Waals surface area (Å²) < 4.78 is 11.1. The maximum atomic E-state index is 10.00. The third-order valence-corrected chi connectivity index (χ3v) is 3.24. The molecular weight excluding hydrogens is 292 g/mol. The van der Waals surface area contributed by atoms with Crippen LogP contribution in [0.2, 0.25) is 0 Å². The number of rotatable bonds is 9. The lowest BCUT2D eigenvalue weighted by Gasteiger charge is -2.23. The third kappa shape index (κ3) is 8.21. The zero-order chi connectivity index (χ0) is 17.5. The first-order valence-corrected chi connectivity index (χ1v) is 8.17. The zero-order valence-electron chi connectivity index (χ0n) is 15.3. The third-order valence-electron chi connectivity index (χ3n) is 3.24. The van der Waals surface area contributed by atoms with Gasteiger partial charge in [0.2, 0.25) is 0 Å². The quantitative estimate of drug-likeness (QED) is 0.651. The Kier molecular flexibility index (Phi) is 7.82. The molecule has 0 aromatic heterocycles. The van der Waals surface area contributed by atoms with Crippen molar-refractivity contribution in [3.63, 3.8) is 0 Å². The van der Waals surface area contributed by atoms with E-state index in [-0.39, 0.29) is 12.1 Å². The van der Waals surface area contributed by atoms with Crippen LogP contribution in [-0.4, -0.2) is 43.1 Å². The fraction of sp³-hybridized carbons (Fsp3) is 0.667. The Morgan fingerprint density at radius 1 is 1.17 bits per heavy atom. The number of benzene rings is 1. The maximum absolute atomic E-state index is 10.00. The van der Waals surface area contributed by atoms with Gasteiger partial charge in [0.15, 0.2) is 11.5 Å². The van der Waals surface area contributed by atoms with Gasteiger partial charge in [-0.1, -0.05) is 19.9 Å². The second-order valence-corrected chi connectivity index (χ2v) is 7.12. The monoisotopic (exact) mass is 324 g/mol. The minimum Gasteiger partial charge on any atom is -0.493 e. The van der Waals surface area contributed by atoms with E-state index in [0.717, 1.165) is 12.1 Å². The average Bonchev–Trinajstić information content (AvgIpc) is 2.48. The van der Waals surface area contributed by atoms with Crippen LogP contribution in [0.15, 0.2) is 18.2 Å². The summed E-state index contributed by atoms with van der Waals surface area (Å²) >= 11 is 0. The van der Waals surface area contributed by atoms with E-state index in [1.807, 2.05) is 18.2 Å². The van der Waals surface area contributed by atoms with E-state index < -0.39 is 6.10 Å². The van der Waals surface area contributed by atoms with Crippen LogP contribution in [0.1, 0.15) is 40.2 Å².